The van der Waals surface area contributed by atoms with Crippen LogP contribution in [0.1, 0.15) is 17.0 Å². The van der Waals surface area contributed by atoms with Gasteiger partial charge in [-0.3, -0.25) is 0 Å². The fraction of sp³-hybridized carbons (Fsp3) is 0.238. The minimum absolute atomic E-state index is 0.336. The highest BCUT2D eigenvalue weighted by molar-refractivity contribution is 5.92. The Morgan fingerprint density at radius 3 is 2.61 bits per heavy atom. The van der Waals surface area contributed by atoms with Gasteiger partial charge in [-0.1, -0.05) is 24.3 Å². The highest BCUT2D eigenvalue weighted by atomic mass is 16.5. The molecule has 28 heavy (non-hydrogen) atoms. The summed E-state index contributed by atoms with van der Waals surface area (Å²) in [6.45, 7) is 3.26. The Bertz CT molecular complexity index is 965. The molecule has 7 nitrogen and oxygen atoms in total. The van der Waals surface area contributed by atoms with E-state index in [1.165, 1.54) is 5.56 Å². The van der Waals surface area contributed by atoms with E-state index in [4.69, 9.17) is 15.2 Å². The van der Waals surface area contributed by atoms with Gasteiger partial charge < -0.3 is 25.1 Å². The van der Waals surface area contributed by atoms with Gasteiger partial charge >= 0.3 is 0 Å². The van der Waals surface area contributed by atoms with Crippen LogP contribution >= 0.6 is 0 Å². The molecule has 0 aliphatic rings. The molecule has 0 bridgehead atoms. The van der Waals surface area contributed by atoms with Crippen molar-refractivity contribution in [3.8, 4) is 11.5 Å². The van der Waals surface area contributed by atoms with E-state index in [9.17, 15) is 0 Å². The van der Waals surface area contributed by atoms with Crippen LogP contribution in [0.3, 0.4) is 0 Å². The number of ether oxygens (including phenoxy) is 2. The second kappa shape index (κ2) is 8.94. The van der Waals surface area contributed by atoms with Crippen LogP contribution < -0.4 is 20.5 Å². The largest absolute Gasteiger partial charge is 0.493 e. The molecule has 146 valence electrons. The van der Waals surface area contributed by atoms with Gasteiger partial charge in [0.1, 0.15) is 5.82 Å². The van der Waals surface area contributed by atoms with E-state index in [1.807, 2.05) is 49.6 Å². The summed E-state index contributed by atoms with van der Waals surface area (Å²) in [6.07, 6.45) is 3.79. The summed E-state index contributed by atoms with van der Waals surface area (Å²) in [4.78, 5) is 8.69. The van der Waals surface area contributed by atoms with E-state index in [0.29, 0.717) is 24.0 Å². The summed E-state index contributed by atoms with van der Waals surface area (Å²) < 4.78 is 12.6. The standard InChI is InChI=1S/C21H25N5O2/c1-15-23-9-10-26(15)14-17-6-4-5-16(11-17)13-24-21(22)25-18-7-8-19(27-2)20(12-18)28-3/h4-12H,13-14H2,1-3H3,(H3,22,24,25). The van der Waals surface area contributed by atoms with Crippen molar-refractivity contribution in [2.45, 2.75) is 20.0 Å². The SMILES string of the molecule is COc1ccc(NC(N)=NCc2cccc(Cn3ccnc3C)c2)cc1OC. The maximum Gasteiger partial charge on any atom is 0.193 e. The molecular formula is C21H25N5O2. The Morgan fingerprint density at radius 2 is 1.89 bits per heavy atom. The summed E-state index contributed by atoms with van der Waals surface area (Å²) in [5.41, 5.74) is 9.10. The zero-order chi connectivity index (χ0) is 19.9. The van der Waals surface area contributed by atoms with Crippen molar-refractivity contribution in [2.24, 2.45) is 10.7 Å². The number of aromatic nitrogens is 2. The molecule has 0 saturated heterocycles. The lowest BCUT2D eigenvalue weighted by atomic mass is 10.1. The van der Waals surface area contributed by atoms with Gasteiger partial charge in [-0.2, -0.15) is 0 Å². The second-order valence-corrected chi connectivity index (χ2v) is 6.32. The van der Waals surface area contributed by atoms with E-state index in [-0.39, 0.29) is 0 Å². The lowest BCUT2D eigenvalue weighted by molar-refractivity contribution is 0.355. The molecule has 2 aromatic carbocycles. The third-order valence-corrected chi connectivity index (χ3v) is 4.36. The van der Waals surface area contributed by atoms with Crippen LogP contribution in [0, 0.1) is 6.92 Å². The van der Waals surface area contributed by atoms with Crippen molar-refractivity contribution in [3.05, 3.63) is 71.8 Å². The fourth-order valence-electron chi connectivity index (χ4n) is 2.87. The minimum Gasteiger partial charge on any atom is -0.493 e. The number of aryl methyl sites for hydroxylation is 1. The Hall–Kier alpha value is -3.48. The maximum atomic E-state index is 6.04. The van der Waals surface area contributed by atoms with Crippen LogP contribution in [0.25, 0.3) is 0 Å². The molecule has 0 aliphatic carbocycles. The van der Waals surface area contributed by atoms with Gasteiger partial charge in [-0.15, -0.1) is 0 Å². The Balaban J connectivity index is 1.65. The predicted octanol–water partition coefficient (Wildman–Crippen LogP) is 3.18. The number of nitrogens with zero attached hydrogens (tertiary/aromatic N) is 3. The summed E-state index contributed by atoms with van der Waals surface area (Å²) in [6, 6.07) is 13.8. The highest BCUT2D eigenvalue weighted by Gasteiger charge is 2.05. The normalized spacial score (nSPS) is 11.3. The van der Waals surface area contributed by atoms with Crippen LogP contribution in [0.5, 0.6) is 11.5 Å². The van der Waals surface area contributed by atoms with Crippen LogP contribution in [-0.4, -0.2) is 29.7 Å². The number of hydrogen-bond donors (Lipinski definition) is 2. The number of aliphatic imine (C=N–C) groups is 1. The number of nitrogens with two attached hydrogens (primary N) is 1. The van der Waals surface area contributed by atoms with E-state index in [2.05, 4.69) is 32.0 Å². The monoisotopic (exact) mass is 379 g/mol. The summed E-state index contributed by atoms with van der Waals surface area (Å²) in [5, 5.41) is 3.08. The van der Waals surface area contributed by atoms with Crippen molar-refractivity contribution in [3.63, 3.8) is 0 Å². The lowest BCUT2D eigenvalue weighted by Gasteiger charge is -2.11. The van der Waals surface area contributed by atoms with Gasteiger partial charge in [0.05, 0.1) is 20.8 Å². The van der Waals surface area contributed by atoms with Crippen molar-refractivity contribution < 1.29 is 9.47 Å². The minimum atomic E-state index is 0.336. The van der Waals surface area contributed by atoms with Crippen molar-refractivity contribution in [1.82, 2.24) is 9.55 Å². The molecule has 0 amide bonds. The number of rotatable bonds is 7. The molecule has 1 heterocycles. The molecule has 0 saturated carbocycles. The zero-order valence-electron chi connectivity index (χ0n) is 16.3. The molecule has 3 N–H and O–H groups in total. The molecule has 0 radical (unpaired) electrons. The molecule has 0 unspecified atom stereocenters. The molecule has 1 aromatic heterocycles. The molecule has 0 aliphatic heterocycles. The third kappa shape index (κ3) is 4.82. The number of methoxy groups -OCH3 is 2. The summed E-state index contributed by atoms with van der Waals surface area (Å²) in [7, 11) is 3.19. The fourth-order valence-corrected chi connectivity index (χ4v) is 2.87. The quantitative estimate of drug-likeness (QED) is 0.486. The van der Waals surface area contributed by atoms with Gasteiger partial charge in [-0.05, 0) is 30.2 Å². The van der Waals surface area contributed by atoms with E-state index in [1.54, 1.807) is 14.2 Å². The first kappa shape index (κ1) is 19.3. The molecule has 0 atom stereocenters. The average Bonchev–Trinajstić information content (AvgIpc) is 3.11. The number of anilines is 1. The van der Waals surface area contributed by atoms with Crippen LogP contribution in [0.2, 0.25) is 0 Å². The van der Waals surface area contributed by atoms with E-state index in [0.717, 1.165) is 23.6 Å². The number of nitrogens with one attached hydrogen (secondary N) is 1. The molecule has 0 spiro atoms. The van der Waals surface area contributed by atoms with Gasteiger partial charge in [0.2, 0.25) is 0 Å². The Labute approximate surface area is 164 Å². The number of guanidine groups is 1. The van der Waals surface area contributed by atoms with Gasteiger partial charge in [0.15, 0.2) is 17.5 Å². The van der Waals surface area contributed by atoms with E-state index < -0.39 is 0 Å². The van der Waals surface area contributed by atoms with Gasteiger partial charge in [-0.25, -0.2) is 9.98 Å². The first-order valence-corrected chi connectivity index (χ1v) is 8.93. The van der Waals surface area contributed by atoms with Crippen molar-refractivity contribution in [1.29, 1.82) is 0 Å². The number of hydrogen-bond acceptors (Lipinski definition) is 4. The smallest absolute Gasteiger partial charge is 0.193 e. The van der Waals surface area contributed by atoms with Crippen LogP contribution in [0.15, 0.2) is 59.9 Å². The Kier molecular flexibility index (Phi) is 6.16. The lowest BCUT2D eigenvalue weighted by Crippen LogP contribution is -2.22. The van der Waals surface area contributed by atoms with Crippen molar-refractivity contribution in [2.75, 3.05) is 19.5 Å². The molecule has 7 heteroatoms. The number of benzene rings is 2. The third-order valence-electron chi connectivity index (χ3n) is 4.36. The molecule has 3 aromatic rings. The molecule has 0 fully saturated rings. The van der Waals surface area contributed by atoms with Gasteiger partial charge in [0.25, 0.3) is 0 Å². The molecular weight excluding hydrogens is 354 g/mol. The highest BCUT2D eigenvalue weighted by Crippen LogP contribution is 2.29. The second-order valence-electron chi connectivity index (χ2n) is 6.32. The first-order chi connectivity index (χ1) is 13.6. The predicted molar refractivity (Wildman–Crippen MR) is 111 cm³/mol. The molecule has 3 rings (SSSR count). The average molecular weight is 379 g/mol. The zero-order valence-corrected chi connectivity index (χ0v) is 16.3. The first-order valence-electron chi connectivity index (χ1n) is 8.93. The van der Waals surface area contributed by atoms with Crippen molar-refractivity contribution >= 4 is 11.6 Å². The van der Waals surface area contributed by atoms with Gasteiger partial charge in [0, 0.05) is 30.7 Å². The summed E-state index contributed by atoms with van der Waals surface area (Å²) >= 11 is 0. The summed E-state index contributed by atoms with van der Waals surface area (Å²) in [5.74, 6) is 2.62. The topological polar surface area (TPSA) is 86.7 Å². The Morgan fingerprint density at radius 1 is 1.11 bits per heavy atom. The van der Waals surface area contributed by atoms with E-state index >= 15 is 0 Å². The van der Waals surface area contributed by atoms with Crippen LogP contribution in [-0.2, 0) is 13.1 Å². The van der Waals surface area contributed by atoms with Crippen LogP contribution in [0.4, 0.5) is 5.69 Å². The number of imidazole rings is 1. The maximum absolute atomic E-state index is 6.04.